The molecule has 0 aliphatic carbocycles. The first-order valence-electron chi connectivity index (χ1n) is 8.34. The van der Waals surface area contributed by atoms with Crippen LogP contribution in [0.1, 0.15) is 0 Å². The standard InChI is InChI=1S/C22H16O2P2.Pt/c23-17-9-3-1-7-15(17)19-11-5-13-21(25-19)22-14-6-12-20(26-22)16-8-2-4-10-18(16)24;/h1-14,23-24H;/p+2. The van der Waals surface area contributed by atoms with Gasteiger partial charge in [-0.1, -0.05) is 36.4 Å². The van der Waals surface area contributed by atoms with E-state index in [1.807, 2.05) is 36.4 Å². The molecule has 2 aromatic heterocycles. The van der Waals surface area contributed by atoms with Gasteiger partial charge in [-0.15, -0.1) is 0 Å². The van der Waals surface area contributed by atoms with E-state index in [0.29, 0.717) is 27.9 Å². The summed E-state index contributed by atoms with van der Waals surface area (Å²) in [6, 6.07) is 27.5. The van der Waals surface area contributed by atoms with Crippen molar-refractivity contribution in [2.45, 2.75) is 0 Å². The summed E-state index contributed by atoms with van der Waals surface area (Å²) < 4.78 is 0. The molecule has 0 aliphatic rings. The minimum atomic E-state index is 0. The largest absolute Gasteiger partial charge is 0.507 e. The molecule has 0 radical (unpaired) electrons. The molecule has 136 valence electrons. The second-order valence-electron chi connectivity index (χ2n) is 5.99. The summed E-state index contributed by atoms with van der Waals surface area (Å²) in [5.74, 6) is 0.643. The van der Waals surface area contributed by atoms with Crippen molar-refractivity contribution in [3.63, 3.8) is 0 Å². The van der Waals surface area contributed by atoms with Crippen LogP contribution in [0, 0.1) is 0 Å². The number of hydrogen-bond donors (Lipinski definition) is 2. The van der Waals surface area contributed by atoms with Gasteiger partial charge in [-0.25, -0.2) is 0 Å². The summed E-state index contributed by atoms with van der Waals surface area (Å²) in [6.07, 6.45) is 0. The average Bonchev–Trinajstić information content (AvgIpc) is 2.69. The Morgan fingerprint density at radius 2 is 0.815 bits per heavy atom. The molecule has 5 heteroatoms. The first-order valence-corrected chi connectivity index (χ1v) is 10.3. The van der Waals surface area contributed by atoms with Crippen molar-refractivity contribution in [1.29, 1.82) is 0 Å². The maximum absolute atomic E-state index is 10.2. The molecule has 2 nitrogen and oxygen atoms in total. The van der Waals surface area contributed by atoms with Crippen molar-refractivity contribution < 1.29 is 31.3 Å². The molecule has 2 atom stereocenters. The number of rotatable bonds is 3. The van der Waals surface area contributed by atoms with Gasteiger partial charge in [0.25, 0.3) is 0 Å². The van der Waals surface area contributed by atoms with Gasteiger partial charge in [0.05, 0.1) is 11.1 Å². The molecule has 0 spiro atoms. The van der Waals surface area contributed by atoms with Gasteiger partial charge in [0, 0.05) is 21.1 Å². The Kier molecular flexibility index (Phi) is 6.46. The second kappa shape index (κ2) is 8.81. The van der Waals surface area contributed by atoms with Crippen LogP contribution in [0.3, 0.4) is 0 Å². The van der Waals surface area contributed by atoms with E-state index in [1.165, 1.54) is 10.6 Å². The van der Waals surface area contributed by atoms with Crippen molar-refractivity contribution in [2.75, 3.05) is 0 Å². The average molecular weight is 571 g/mol. The van der Waals surface area contributed by atoms with Crippen molar-refractivity contribution >= 4 is 16.4 Å². The molecule has 2 N–H and O–H groups in total. The summed E-state index contributed by atoms with van der Waals surface area (Å²) in [5, 5.41) is 25.2. The third-order valence-electron chi connectivity index (χ3n) is 4.27. The Bertz CT molecular complexity index is 996. The number of phenolic OH excluding ortho intramolecular Hbond substituents is 2. The van der Waals surface area contributed by atoms with Crippen LogP contribution >= 0.6 is 16.4 Å². The number of phenols is 2. The zero-order valence-electron chi connectivity index (χ0n) is 14.3. The van der Waals surface area contributed by atoms with Crippen LogP contribution in [0.25, 0.3) is 32.3 Å². The molecule has 0 fully saturated rings. The smallest absolute Gasteiger partial charge is 0.196 e. The van der Waals surface area contributed by atoms with Gasteiger partial charge in [0.2, 0.25) is 0 Å². The summed E-state index contributed by atoms with van der Waals surface area (Å²) in [4.78, 5) is 0. The molecule has 27 heavy (non-hydrogen) atoms. The van der Waals surface area contributed by atoms with Gasteiger partial charge in [0.15, 0.2) is 21.2 Å². The van der Waals surface area contributed by atoms with Gasteiger partial charge in [-0.2, -0.15) is 0 Å². The van der Waals surface area contributed by atoms with Crippen LogP contribution in [0.15, 0.2) is 84.9 Å². The summed E-state index contributed by atoms with van der Waals surface area (Å²) >= 11 is 0. The Morgan fingerprint density at radius 3 is 1.22 bits per heavy atom. The zero-order chi connectivity index (χ0) is 17.9. The third kappa shape index (κ3) is 4.31. The van der Waals surface area contributed by atoms with E-state index in [9.17, 15) is 10.2 Å². The van der Waals surface area contributed by atoms with Gasteiger partial charge in [0.1, 0.15) is 27.9 Å². The van der Waals surface area contributed by atoms with Crippen molar-refractivity contribution in [2.24, 2.45) is 0 Å². The number of para-hydroxylation sites is 2. The normalized spacial score (nSPS) is 10.8. The summed E-state index contributed by atoms with van der Waals surface area (Å²) in [6.45, 7) is 0. The first-order chi connectivity index (χ1) is 12.7. The fourth-order valence-corrected chi connectivity index (χ4v) is 5.77. The molecule has 0 bridgehead atoms. The first kappa shape index (κ1) is 19.8. The van der Waals surface area contributed by atoms with E-state index in [-0.39, 0.29) is 21.1 Å². The van der Waals surface area contributed by atoms with Gasteiger partial charge < -0.3 is 10.2 Å². The van der Waals surface area contributed by atoms with E-state index in [2.05, 4.69) is 36.4 Å². The predicted octanol–water partition coefficient (Wildman–Crippen LogP) is 6.72. The number of benzene rings is 2. The Morgan fingerprint density at radius 1 is 0.444 bits per heavy atom. The van der Waals surface area contributed by atoms with Crippen LogP contribution in [0.2, 0.25) is 0 Å². The molecular weight excluding hydrogens is 553 g/mol. The van der Waals surface area contributed by atoms with E-state index in [4.69, 9.17) is 0 Å². The number of aromatic hydroxyl groups is 2. The molecule has 0 aliphatic heterocycles. The van der Waals surface area contributed by atoms with Crippen molar-refractivity contribution in [3.8, 4) is 43.8 Å². The fraction of sp³-hybridized carbons (Fsp3) is 0. The minimum absolute atomic E-state index is 0. The summed E-state index contributed by atoms with van der Waals surface area (Å²) in [7, 11) is 0.986. The predicted molar refractivity (Wildman–Crippen MR) is 114 cm³/mol. The van der Waals surface area contributed by atoms with E-state index in [0.717, 1.165) is 21.7 Å². The topological polar surface area (TPSA) is 40.5 Å². The molecule has 2 heterocycles. The molecule has 0 saturated heterocycles. The maximum atomic E-state index is 10.2. The monoisotopic (exact) mass is 571 g/mol. The van der Waals surface area contributed by atoms with Crippen LogP contribution in [0.5, 0.6) is 11.5 Å². The van der Waals surface area contributed by atoms with Crippen molar-refractivity contribution in [1.82, 2.24) is 0 Å². The van der Waals surface area contributed by atoms with E-state index >= 15 is 0 Å². The Balaban J connectivity index is 0.00000210. The van der Waals surface area contributed by atoms with Gasteiger partial charge in [-0.05, 0) is 48.5 Å². The second-order valence-corrected chi connectivity index (χ2v) is 8.65. The van der Waals surface area contributed by atoms with E-state index < -0.39 is 0 Å². The fourth-order valence-electron chi connectivity index (χ4n) is 2.97. The van der Waals surface area contributed by atoms with Crippen LogP contribution in [0.4, 0.5) is 0 Å². The molecule has 4 rings (SSSR count). The molecule has 0 amide bonds. The van der Waals surface area contributed by atoms with Crippen LogP contribution in [-0.4, -0.2) is 10.2 Å². The maximum Gasteiger partial charge on any atom is 0.196 e. The Labute approximate surface area is 176 Å². The van der Waals surface area contributed by atoms with Crippen molar-refractivity contribution in [3.05, 3.63) is 84.9 Å². The third-order valence-corrected chi connectivity index (χ3v) is 7.34. The molecule has 2 unspecified atom stereocenters. The SMILES string of the molecule is Oc1ccccc1-c1cccc(-c2cccc(-c3ccccc3O)[pH+]2)[pH+]1.[Pt]. The minimum Gasteiger partial charge on any atom is -0.507 e. The quantitative estimate of drug-likeness (QED) is 0.287. The Hall–Kier alpha value is -1.97. The zero-order valence-corrected chi connectivity index (χ0v) is 18.6. The molecule has 2 aromatic carbocycles. The molecule has 4 aromatic rings. The summed E-state index contributed by atoms with van der Waals surface area (Å²) in [5.41, 5.74) is 1.79. The molecular formula is C22H18O2P2Pt+2. The molecule has 0 saturated carbocycles. The number of hydrogen-bond acceptors (Lipinski definition) is 2. The van der Waals surface area contributed by atoms with Crippen LogP contribution < -0.4 is 0 Å². The van der Waals surface area contributed by atoms with Gasteiger partial charge >= 0.3 is 0 Å². The van der Waals surface area contributed by atoms with Crippen LogP contribution in [-0.2, 0) is 21.1 Å². The van der Waals surface area contributed by atoms with E-state index in [1.54, 1.807) is 12.1 Å². The van der Waals surface area contributed by atoms with Gasteiger partial charge in [-0.3, -0.25) is 0 Å².